The van der Waals surface area contributed by atoms with E-state index < -0.39 is 0 Å². The van der Waals surface area contributed by atoms with Crippen molar-refractivity contribution < 1.29 is 9.53 Å². The number of likely N-dealkylation sites (N-methyl/N-ethyl adjacent to an activating group) is 1. The van der Waals surface area contributed by atoms with Crippen LogP contribution in [-0.4, -0.2) is 43.6 Å². The molecule has 1 aromatic carbocycles. The van der Waals surface area contributed by atoms with Crippen molar-refractivity contribution in [2.75, 3.05) is 26.7 Å². The molecule has 1 aliphatic rings. The Hall–Kier alpha value is -1.55. The molecule has 1 atom stereocenters. The van der Waals surface area contributed by atoms with Gasteiger partial charge in [0.2, 0.25) is 0 Å². The van der Waals surface area contributed by atoms with Gasteiger partial charge < -0.3 is 15.0 Å². The Labute approximate surface area is 114 Å². The van der Waals surface area contributed by atoms with Crippen LogP contribution >= 0.6 is 0 Å². The number of hydrogen-bond acceptors (Lipinski definition) is 3. The minimum absolute atomic E-state index is 0.0396. The van der Waals surface area contributed by atoms with E-state index in [2.05, 4.69) is 5.32 Å². The first-order chi connectivity index (χ1) is 9.24. The molecule has 1 N–H and O–H groups in total. The maximum Gasteiger partial charge on any atom is 0.257 e. The number of hydrogen-bond donors (Lipinski definition) is 1. The largest absolute Gasteiger partial charge is 0.493 e. The van der Waals surface area contributed by atoms with Crippen LogP contribution in [-0.2, 0) is 0 Å². The Bertz CT molecular complexity index is 428. The first-order valence-electron chi connectivity index (χ1n) is 6.93. The van der Waals surface area contributed by atoms with Crippen LogP contribution in [0.15, 0.2) is 24.3 Å². The smallest absolute Gasteiger partial charge is 0.257 e. The molecular weight excluding hydrogens is 240 g/mol. The molecule has 2 rings (SSSR count). The van der Waals surface area contributed by atoms with Gasteiger partial charge in [-0.05, 0) is 38.4 Å². The van der Waals surface area contributed by atoms with Gasteiger partial charge in [-0.3, -0.25) is 4.79 Å². The summed E-state index contributed by atoms with van der Waals surface area (Å²) in [4.78, 5) is 14.4. The molecule has 1 heterocycles. The summed E-state index contributed by atoms with van der Waals surface area (Å²) in [5.41, 5.74) is 0.650. The van der Waals surface area contributed by atoms with Crippen LogP contribution in [0.5, 0.6) is 5.75 Å². The third-order valence-corrected chi connectivity index (χ3v) is 3.56. The van der Waals surface area contributed by atoms with Gasteiger partial charge in [0.1, 0.15) is 5.75 Å². The molecular formula is C15H22N2O2. The molecule has 1 aliphatic heterocycles. The Morgan fingerprint density at radius 3 is 2.95 bits per heavy atom. The molecule has 19 heavy (non-hydrogen) atoms. The lowest BCUT2D eigenvalue weighted by Crippen LogP contribution is -2.46. The Balaban J connectivity index is 2.13. The van der Waals surface area contributed by atoms with Gasteiger partial charge in [0, 0.05) is 19.6 Å². The van der Waals surface area contributed by atoms with Crippen LogP contribution in [0.2, 0.25) is 0 Å². The minimum Gasteiger partial charge on any atom is -0.493 e. The zero-order valence-corrected chi connectivity index (χ0v) is 11.7. The first-order valence-corrected chi connectivity index (χ1v) is 6.93. The second-order valence-electron chi connectivity index (χ2n) is 4.85. The van der Waals surface area contributed by atoms with E-state index in [0.717, 1.165) is 25.9 Å². The number of ether oxygens (including phenoxy) is 1. The van der Waals surface area contributed by atoms with E-state index in [1.165, 1.54) is 0 Å². The van der Waals surface area contributed by atoms with E-state index in [1.807, 2.05) is 43.1 Å². The summed E-state index contributed by atoms with van der Waals surface area (Å²) in [7, 11) is 1.88. The lowest BCUT2D eigenvalue weighted by atomic mass is 10.0. The standard InChI is InChI=1S/C15H22N2O2/c1-3-19-14-9-5-4-8-13(14)15(18)17(2)12-7-6-10-16-11-12/h4-5,8-9,12,16H,3,6-7,10-11H2,1-2H3. The van der Waals surface area contributed by atoms with Gasteiger partial charge in [0.25, 0.3) is 5.91 Å². The Morgan fingerprint density at radius 1 is 1.47 bits per heavy atom. The number of para-hydroxylation sites is 1. The zero-order chi connectivity index (χ0) is 13.7. The van der Waals surface area contributed by atoms with Gasteiger partial charge in [-0.2, -0.15) is 0 Å². The summed E-state index contributed by atoms with van der Waals surface area (Å²) in [6, 6.07) is 7.73. The fourth-order valence-electron chi connectivity index (χ4n) is 2.44. The van der Waals surface area contributed by atoms with E-state index in [1.54, 1.807) is 0 Å². The molecule has 0 saturated carbocycles. The third-order valence-electron chi connectivity index (χ3n) is 3.56. The summed E-state index contributed by atoms with van der Waals surface area (Å²) in [6.45, 7) is 4.42. The van der Waals surface area contributed by atoms with E-state index in [9.17, 15) is 4.79 Å². The third kappa shape index (κ3) is 3.26. The molecule has 1 fully saturated rings. The molecule has 1 saturated heterocycles. The van der Waals surface area contributed by atoms with Crippen molar-refractivity contribution in [2.24, 2.45) is 0 Å². The summed E-state index contributed by atoms with van der Waals surface area (Å²) in [5, 5.41) is 3.34. The molecule has 0 aliphatic carbocycles. The average Bonchev–Trinajstić information content (AvgIpc) is 2.47. The van der Waals surface area contributed by atoms with Gasteiger partial charge in [-0.15, -0.1) is 0 Å². The average molecular weight is 262 g/mol. The number of carbonyl (C=O) groups excluding carboxylic acids is 1. The number of nitrogens with zero attached hydrogens (tertiary/aromatic N) is 1. The predicted molar refractivity (Wildman–Crippen MR) is 75.6 cm³/mol. The Morgan fingerprint density at radius 2 is 2.26 bits per heavy atom. The quantitative estimate of drug-likeness (QED) is 0.901. The van der Waals surface area contributed by atoms with Crippen LogP contribution in [0.1, 0.15) is 30.1 Å². The van der Waals surface area contributed by atoms with E-state index >= 15 is 0 Å². The van der Waals surface area contributed by atoms with E-state index in [4.69, 9.17) is 4.74 Å². The molecule has 104 valence electrons. The second-order valence-corrected chi connectivity index (χ2v) is 4.85. The van der Waals surface area contributed by atoms with Crippen molar-refractivity contribution >= 4 is 5.91 Å². The lowest BCUT2D eigenvalue weighted by Gasteiger charge is -2.32. The summed E-state index contributed by atoms with van der Waals surface area (Å²) in [5.74, 6) is 0.711. The maximum absolute atomic E-state index is 12.6. The number of carbonyl (C=O) groups is 1. The number of piperidine rings is 1. The van der Waals surface area contributed by atoms with Gasteiger partial charge >= 0.3 is 0 Å². The van der Waals surface area contributed by atoms with Crippen LogP contribution in [0, 0.1) is 0 Å². The fourth-order valence-corrected chi connectivity index (χ4v) is 2.44. The van der Waals surface area contributed by atoms with Crippen LogP contribution < -0.4 is 10.1 Å². The van der Waals surface area contributed by atoms with Crippen molar-refractivity contribution in [3.8, 4) is 5.75 Å². The molecule has 0 radical (unpaired) electrons. The molecule has 0 spiro atoms. The normalized spacial score (nSPS) is 18.9. The fraction of sp³-hybridized carbons (Fsp3) is 0.533. The highest BCUT2D eigenvalue weighted by molar-refractivity contribution is 5.97. The van der Waals surface area contributed by atoms with E-state index in [0.29, 0.717) is 17.9 Å². The predicted octanol–water partition coefficient (Wildman–Crippen LogP) is 1.91. The minimum atomic E-state index is 0.0396. The van der Waals surface area contributed by atoms with Crippen molar-refractivity contribution in [3.05, 3.63) is 29.8 Å². The Kier molecular flexibility index (Phi) is 4.80. The van der Waals surface area contributed by atoms with Gasteiger partial charge in [0.05, 0.1) is 12.2 Å². The molecule has 1 amide bonds. The van der Waals surface area contributed by atoms with Crippen LogP contribution in [0.4, 0.5) is 0 Å². The zero-order valence-electron chi connectivity index (χ0n) is 11.7. The second kappa shape index (κ2) is 6.57. The lowest BCUT2D eigenvalue weighted by molar-refractivity contribution is 0.0704. The molecule has 4 nitrogen and oxygen atoms in total. The molecule has 1 unspecified atom stereocenters. The molecule has 0 aromatic heterocycles. The highest BCUT2D eigenvalue weighted by Gasteiger charge is 2.24. The maximum atomic E-state index is 12.6. The molecule has 1 aromatic rings. The van der Waals surface area contributed by atoms with Gasteiger partial charge in [-0.1, -0.05) is 12.1 Å². The topological polar surface area (TPSA) is 41.6 Å². The number of rotatable bonds is 4. The van der Waals surface area contributed by atoms with Crippen LogP contribution in [0.3, 0.4) is 0 Å². The van der Waals surface area contributed by atoms with Crippen molar-refractivity contribution in [3.63, 3.8) is 0 Å². The summed E-state index contributed by atoms with van der Waals surface area (Å²) in [6.07, 6.45) is 2.18. The van der Waals surface area contributed by atoms with Crippen molar-refractivity contribution in [1.82, 2.24) is 10.2 Å². The van der Waals surface area contributed by atoms with Crippen LogP contribution in [0.25, 0.3) is 0 Å². The van der Waals surface area contributed by atoms with Crippen molar-refractivity contribution in [1.29, 1.82) is 0 Å². The number of amides is 1. The highest BCUT2D eigenvalue weighted by atomic mass is 16.5. The van der Waals surface area contributed by atoms with E-state index in [-0.39, 0.29) is 11.9 Å². The molecule has 0 bridgehead atoms. The molecule has 4 heteroatoms. The monoisotopic (exact) mass is 262 g/mol. The summed E-state index contributed by atoms with van der Waals surface area (Å²) >= 11 is 0. The first kappa shape index (κ1) is 13.9. The van der Waals surface area contributed by atoms with Gasteiger partial charge in [0.15, 0.2) is 0 Å². The summed E-state index contributed by atoms with van der Waals surface area (Å²) < 4.78 is 5.53. The van der Waals surface area contributed by atoms with Gasteiger partial charge in [-0.25, -0.2) is 0 Å². The number of benzene rings is 1. The highest BCUT2D eigenvalue weighted by Crippen LogP contribution is 2.21. The number of nitrogens with one attached hydrogen (secondary N) is 1. The SMILES string of the molecule is CCOc1ccccc1C(=O)N(C)C1CCCNC1. The van der Waals surface area contributed by atoms with Crippen molar-refractivity contribution in [2.45, 2.75) is 25.8 Å².